The summed E-state index contributed by atoms with van der Waals surface area (Å²) in [6.45, 7) is 1.87. The minimum Gasteiger partial charge on any atom is -0.361 e. The lowest BCUT2D eigenvalue weighted by Gasteiger charge is -2.10. The summed E-state index contributed by atoms with van der Waals surface area (Å²) in [4.78, 5) is 7.60. The second kappa shape index (κ2) is 5.22. The number of pyridine rings is 1. The molecule has 1 N–H and O–H groups in total. The standard InChI is InChI=1S/C18H11Cl2FN2/c1-9-10-7-8-22-17(10)13-6-5-12(16(21)18(13)23-9)11-3-2-4-14(19)15(11)20/h2-8,22H,1H3. The molecule has 0 spiro atoms. The zero-order valence-electron chi connectivity index (χ0n) is 12.1. The van der Waals surface area contributed by atoms with Crippen LogP contribution in [0.2, 0.25) is 10.0 Å². The molecule has 5 heteroatoms. The lowest BCUT2D eigenvalue weighted by atomic mass is 10.0. The van der Waals surface area contributed by atoms with Crippen molar-refractivity contribution in [3.63, 3.8) is 0 Å². The Kier molecular flexibility index (Phi) is 3.29. The molecule has 0 unspecified atom stereocenters. The van der Waals surface area contributed by atoms with Gasteiger partial charge in [-0.15, -0.1) is 0 Å². The summed E-state index contributed by atoms with van der Waals surface area (Å²) in [7, 11) is 0. The second-order valence-corrected chi connectivity index (χ2v) is 6.17. The second-order valence-electron chi connectivity index (χ2n) is 5.39. The molecule has 2 heterocycles. The molecule has 114 valence electrons. The summed E-state index contributed by atoms with van der Waals surface area (Å²) in [5.41, 5.74) is 2.94. The van der Waals surface area contributed by atoms with Gasteiger partial charge >= 0.3 is 0 Å². The number of H-pyrrole nitrogens is 1. The van der Waals surface area contributed by atoms with E-state index in [-0.39, 0.29) is 0 Å². The number of hydrogen-bond acceptors (Lipinski definition) is 1. The predicted octanol–water partition coefficient (Wildman–Crippen LogP) is 6.14. The van der Waals surface area contributed by atoms with Gasteiger partial charge in [-0.25, -0.2) is 9.37 Å². The van der Waals surface area contributed by atoms with E-state index >= 15 is 4.39 Å². The quantitative estimate of drug-likeness (QED) is 0.441. The van der Waals surface area contributed by atoms with Crippen molar-refractivity contribution in [2.45, 2.75) is 6.92 Å². The Hall–Kier alpha value is -2.10. The van der Waals surface area contributed by atoms with Crippen LogP contribution in [0.15, 0.2) is 42.6 Å². The Balaban J connectivity index is 2.09. The molecule has 4 aromatic rings. The number of aromatic nitrogens is 2. The molecule has 0 aliphatic rings. The summed E-state index contributed by atoms with van der Waals surface area (Å²) in [6.07, 6.45) is 1.83. The van der Waals surface area contributed by atoms with Crippen molar-refractivity contribution in [3.8, 4) is 11.1 Å². The molecule has 0 atom stereocenters. The molecule has 2 aromatic carbocycles. The van der Waals surface area contributed by atoms with Crippen molar-refractivity contribution in [3.05, 3.63) is 64.2 Å². The Bertz CT molecular complexity index is 1070. The third-order valence-corrected chi connectivity index (χ3v) is 4.86. The van der Waals surface area contributed by atoms with Gasteiger partial charge in [-0.05, 0) is 25.1 Å². The summed E-state index contributed by atoms with van der Waals surface area (Å²) >= 11 is 12.3. The maximum absolute atomic E-state index is 15.1. The Morgan fingerprint density at radius 1 is 1.00 bits per heavy atom. The zero-order chi connectivity index (χ0) is 16.1. The molecule has 4 rings (SSSR count). The van der Waals surface area contributed by atoms with E-state index in [2.05, 4.69) is 9.97 Å². The van der Waals surface area contributed by atoms with Crippen LogP contribution in [-0.4, -0.2) is 9.97 Å². The number of hydrogen-bond donors (Lipinski definition) is 1. The first kappa shape index (κ1) is 14.5. The number of benzene rings is 2. The van der Waals surface area contributed by atoms with E-state index in [4.69, 9.17) is 23.2 Å². The number of aryl methyl sites for hydroxylation is 1. The minimum absolute atomic E-state index is 0.325. The van der Waals surface area contributed by atoms with Gasteiger partial charge in [0.2, 0.25) is 0 Å². The van der Waals surface area contributed by atoms with Gasteiger partial charge in [0.15, 0.2) is 5.82 Å². The number of nitrogens with zero attached hydrogens (tertiary/aromatic N) is 1. The zero-order valence-corrected chi connectivity index (χ0v) is 13.6. The lowest BCUT2D eigenvalue weighted by molar-refractivity contribution is 0.640. The van der Waals surface area contributed by atoms with Crippen LogP contribution in [0.1, 0.15) is 5.69 Å². The fraction of sp³-hybridized carbons (Fsp3) is 0.0556. The monoisotopic (exact) mass is 344 g/mol. The molecule has 0 saturated carbocycles. The molecule has 0 radical (unpaired) electrons. The predicted molar refractivity (Wildman–Crippen MR) is 93.8 cm³/mol. The van der Waals surface area contributed by atoms with Crippen LogP contribution in [-0.2, 0) is 0 Å². The molecular weight excluding hydrogens is 334 g/mol. The Morgan fingerprint density at radius 2 is 1.83 bits per heavy atom. The largest absolute Gasteiger partial charge is 0.361 e. The summed E-state index contributed by atoms with van der Waals surface area (Å²) in [5, 5.41) is 2.47. The van der Waals surface area contributed by atoms with Gasteiger partial charge in [-0.2, -0.15) is 0 Å². The van der Waals surface area contributed by atoms with Gasteiger partial charge in [0.1, 0.15) is 5.52 Å². The number of aromatic amines is 1. The Morgan fingerprint density at radius 3 is 2.65 bits per heavy atom. The lowest BCUT2D eigenvalue weighted by Crippen LogP contribution is -1.93. The van der Waals surface area contributed by atoms with E-state index in [1.807, 2.05) is 25.3 Å². The average molecular weight is 345 g/mol. The Labute approximate surface area is 141 Å². The van der Waals surface area contributed by atoms with E-state index in [0.29, 0.717) is 26.7 Å². The fourth-order valence-corrected chi connectivity index (χ4v) is 3.32. The first-order valence-electron chi connectivity index (χ1n) is 7.08. The van der Waals surface area contributed by atoms with E-state index < -0.39 is 5.82 Å². The third kappa shape index (κ3) is 2.12. The molecule has 2 aromatic heterocycles. The van der Waals surface area contributed by atoms with Crippen molar-refractivity contribution in [1.82, 2.24) is 9.97 Å². The van der Waals surface area contributed by atoms with Crippen LogP contribution in [0.3, 0.4) is 0 Å². The molecule has 0 aliphatic carbocycles. The van der Waals surface area contributed by atoms with E-state index in [0.717, 1.165) is 22.0 Å². The number of halogens is 3. The number of nitrogens with one attached hydrogen (secondary N) is 1. The molecule has 2 nitrogen and oxygen atoms in total. The van der Waals surface area contributed by atoms with Crippen molar-refractivity contribution in [2.24, 2.45) is 0 Å². The van der Waals surface area contributed by atoms with Gasteiger partial charge in [0, 0.05) is 33.8 Å². The van der Waals surface area contributed by atoms with Crippen LogP contribution in [0.25, 0.3) is 32.9 Å². The minimum atomic E-state index is -0.397. The van der Waals surface area contributed by atoms with Crippen molar-refractivity contribution < 1.29 is 4.39 Å². The topological polar surface area (TPSA) is 28.7 Å². The van der Waals surface area contributed by atoms with Crippen LogP contribution in [0, 0.1) is 12.7 Å². The number of rotatable bonds is 1. The maximum Gasteiger partial charge on any atom is 0.157 e. The van der Waals surface area contributed by atoms with Gasteiger partial charge in [-0.1, -0.05) is 41.4 Å². The average Bonchev–Trinajstić information content (AvgIpc) is 3.02. The SMILES string of the molecule is Cc1nc2c(F)c(-c3cccc(Cl)c3Cl)ccc2c2[nH]ccc12. The molecule has 23 heavy (non-hydrogen) atoms. The van der Waals surface area contributed by atoms with Crippen molar-refractivity contribution >= 4 is 45.0 Å². The first-order valence-corrected chi connectivity index (χ1v) is 7.84. The van der Waals surface area contributed by atoms with Crippen molar-refractivity contribution in [1.29, 1.82) is 0 Å². The highest BCUT2D eigenvalue weighted by molar-refractivity contribution is 6.43. The highest BCUT2D eigenvalue weighted by Crippen LogP contribution is 2.37. The van der Waals surface area contributed by atoms with E-state index in [1.54, 1.807) is 24.3 Å². The van der Waals surface area contributed by atoms with Crippen LogP contribution in [0.4, 0.5) is 4.39 Å². The molecule has 0 bridgehead atoms. The number of fused-ring (bicyclic) bond motifs is 3. The molecule has 0 fully saturated rings. The van der Waals surface area contributed by atoms with Gasteiger partial charge < -0.3 is 4.98 Å². The van der Waals surface area contributed by atoms with Gasteiger partial charge in [-0.3, -0.25) is 0 Å². The third-order valence-electron chi connectivity index (χ3n) is 4.04. The van der Waals surface area contributed by atoms with Crippen LogP contribution < -0.4 is 0 Å². The highest BCUT2D eigenvalue weighted by atomic mass is 35.5. The summed E-state index contributed by atoms with van der Waals surface area (Å²) < 4.78 is 15.1. The van der Waals surface area contributed by atoms with Crippen LogP contribution >= 0.6 is 23.2 Å². The summed E-state index contributed by atoms with van der Waals surface area (Å²) in [5.74, 6) is -0.397. The molecule has 0 aliphatic heterocycles. The van der Waals surface area contributed by atoms with E-state index in [9.17, 15) is 0 Å². The van der Waals surface area contributed by atoms with E-state index in [1.165, 1.54) is 0 Å². The van der Waals surface area contributed by atoms with Gasteiger partial charge in [0.25, 0.3) is 0 Å². The highest BCUT2D eigenvalue weighted by Gasteiger charge is 2.17. The molecular formula is C18H11Cl2FN2. The normalized spacial score (nSPS) is 11.5. The first-order chi connectivity index (χ1) is 11.1. The van der Waals surface area contributed by atoms with Crippen molar-refractivity contribution in [2.75, 3.05) is 0 Å². The maximum atomic E-state index is 15.1. The smallest absolute Gasteiger partial charge is 0.157 e. The molecule has 0 amide bonds. The fourth-order valence-electron chi connectivity index (χ4n) is 2.92. The molecule has 0 saturated heterocycles. The van der Waals surface area contributed by atoms with Gasteiger partial charge in [0.05, 0.1) is 15.6 Å². The van der Waals surface area contributed by atoms with Crippen LogP contribution in [0.5, 0.6) is 0 Å². The summed E-state index contributed by atoms with van der Waals surface area (Å²) in [6, 6.07) is 10.7.